The molecule has 2 unspecified atom stereocenters. The first-order chi connectivity index (χ1) is 8.47. The molecule has 2 rings (SSSR count). The van der Waals surface area contributed by atoms with Crippen LogP contribution in [-0.2, 0) is 0 Å². The number of amides is 1. The minimum Gasteiger partial charge on any atom is -0.507 e. The molecule has 1 aromatic carbocycles. The van der Waals surface area contributed by atoms with Gasteiger partial charge in [0.1, 0.15) is 5.75 Å². The minimum atomic E-state index is 0.0145. The number of benzene rings is 1. The summed E-state index contributed by atoms with van der Waals surface area (Å²) in [6.07, 6.45) is 0. The van der Waals surface area contributed by atoms with Crippen LogP contribution in [0.15, 0.2) is 18.2 Å². The van der Waals surface area contributed by atoms with E-state index in [1.165, 1.54) is 0 Å². The normalized spacial score (nSPS) is 24.1. The van der Waals surface area contributed by atoms with Crippen molar-refractivity contribution in [2.75, 3.05) is 13.1 Å². The summed E-state index contributed by atoms with van der Waals surface area (Å²) in [5.74, 6) is 0.189. The zero-order chi connectivity index (χ0) is 13.3. The molecule has 2 atom stereocenters. The number of phenolic OH excluding ortho intramolecular Hbond substituents is 1. The van der Waals surface area contributed by atoms with Gasteiger partial charge >= 0.3 is 0 Å². The van der Waals surface area contributed by atoms with Gasteiger partial charge in [0.25, 0.3) is 5.91 Å². The molecule has 1 heterocycles. The number of hydrogen-bond donors (Lipinski definition) is 1. The number of phenols is 1. The molecule has 98 valence electrons. The first kappa shape index (κ1) is 14.0. The number of carbonyl (C=O) groups is 1. The van der Waals surface area contributed by atoms with E-state index >= 15 is 0 Å². The number of halogens is 1. The van der Waals surface area contributed by atoms with Crippen LogP contribution in [-0.4, -0.2) is 39.5 Å². The van der Waals surface area contributed by atoms with Gasteiger partial charge in [0.05, 0.1) is 3.57 Å². The SMILES string of the molecule is CC1CN(C(=O)c2ccc(I)c(O)c2)CC(C)S1. The predicted octanol–water partition coefficient (Wildman–Crippen LogP) is 2.96. The van der Waals surface area contributed by atoms with Gasteiger partial charge in [-0.2, -0.15) is 11.8 Å². The van der Waals surface area contributed by atoms with Crippen molar-refractivity contribution < 1.29 is 9.90 Å². The van der Waals surface area contributed by atoms with E-state index in [1.54, 1.807) is 18.2 Å². The molecule has 1 saturated heterocycles. The molecule has 3 nitrogen and oxygen atoms in total. The fourth-order valence-corrected chi connectivity index (χ4v) is 3.83. The lowest BCUT2D eigenvalue weighted by Crippen LogP contribution is -2.44. The van der Waals surface area contributed by atoms with Crippen molar-refractivity contribution in [2.45, 2.75) is 24.3 Å². The lowest BCUT2D eigenvalue weighted by atomic mass is 10.1. The van der Waals surface area contributed by atoms with Gasteiger partial charge in [0.2, 0.25) is 0 Å². The third-order valence-corrected chi connectivity index (χ3v) is 5.04. The number of aromatic hydroxyl groups is 1. The number of thioether (sulfide) groups is 1. The fraction of sp³-hybridized carbons (Fsp3) is 0.462. The van der Waals surface area contributed by atoms with Crippen LogP contribution in [0.1, 0.15) is 24.2 Å². The number of nitrogens with zero attached hydrogens (tertiary/aromatic N) is 1. The molecule has 18 heavy (non-hydrogen) atoms. The van der Waals surface area contributed by atoms with Crippen molar-refractivity contribution in [3.05, 3.63) is 27.3 Å². The number of rotatable bonds is 1. The van der Waals surface area contributed by atoms with Gasteiger partial charge in [-0.05, 0) is 40.8 Å². The quantitative estimate of drug-likeness (QED) is 0.766. The molecule has 0 aliphatic carbocycles. The van der Waals surface area contributed by atoms with Crippen LogP contribution < -0.4 is 0 Å². The maximum absolute atomic E-state index is 12.4. The summed E-state index contributed by atoms with van der Waals surface area (Å²) in [7, 11) is 0. The Balaban J connectivity index is 2.17. The summed E-state index contributed by atoms with van der Waals surface area (Å²) >= 11 is 3.97. The van der Waals surface area contributed by atoms with E-state index in [1.807, 2.05) is 39.3 Å². The standard InChI is InChI=1S/C13H16INO2S/c1-8-6-15(7-9(2)18-8)13(17)10-3-4-11(14)12(16)5-10/h3-5,8-9,16H,6-7H2,1-2H3. The highest BCUT2D eigenvalue weighted by Crippen LogP contribution is 2.27. The zero-order valence-corrected chi connectivity index (χ0v) is 13.4. The van der Waals surface area contributed by atoms with Gasteiger partial charge in [-0.1, -0.05) is 13.8 Å². The highest BCUT2D eigenvalue weighted by molar-refractivity contribution is 14.1. The minimum absolute atomic E-state index is 0.0145. The van der Waals surface area contributed by atoms with Crippen molar-refractivity contribution >= 4 is 40.3 Å². The highest BCUT2D eigenvalue weighted by atomic mass is 127. The van der Waals surface area contributed by atoms with Crippen molar-refractivity contribution in [3.63, 3.8) is 0 Å². The summed E-state index contributed by atoms with van der Waals surface area (Å²) in [4.78, 5) is 14.2. The molecule has 5 heteroatoms. The van der Waals surface area contributed by atoms with Crippen LogP contribution in [0.5, 0.6) is 5.75 Å². The van der Waals surface area contributed by atoms with E-state index < -0.39 is 0 Å². The van der Waals surface area contributed by atoms with Crippen LogP contribution in [0.3, 0.4) is 0 Å². The first-order valence-corrected chi connectivity index (χ1v) is 7.92. The fourth-order valence-electron chi connectivity index (χ4n) is 2.17. The van der Waals surface area contributed by atoms with Crippen LogP contribution in [0.4, 0.5) is 0 Å². The average molecular weight is 377 g/mol. The summed E-state index contributed by atoms with van der Waals surface area (Å²) in [6.45, 7) is 5.85. The van der Waals surface area contributed by atoms with E-state index in [-0.39, 0.29) is 11.7 Å². The van der Waals surface area contributed by atoms with Crippen LogP contribution in [0, 0.1) is 3.57 Å². The average Bonchev–Trinajstić information content (AvgIpc) is 2.30. The summed E-state index contributed by atoms with van der Waals surface area (Å²) in [5, 5.41) is 10.6. The Morgan fingerprint density at radius 3 is 2.56 bits per heavy atom. The van der Waals surface area contributed by atoms with Gasteiger partial charge in [-0.15, -0.1) is 0 Å². The van der Waals surface area contributed by atoms with Crippen molar-refractivity contribution in [3.8, 4) is 5.75 Å². The van der Waals surface area contributed by atoms with Crippen molar-refractivity contribution in [1.29, 1.82) is 0 Å². The molecule has 1 aliphatic rings. The van der Waals surface area contributed by atoms with E-state index in [2.05, 4.69) is 13.8 Å². The summed E-state index contributed by atoms with van der Waals surface area (Å²) in [6, 6.07) is 5.11. The van der Waals surface area contributed by atoms with Gasteiger partial charge in [-0.3, -0.25) is 4.79 Å². The summed E-state index contributed by atoms with van der Waals surface area (Å²) in [5.41, 5.74) is 0.569. The Bertz CT molecular complexity index is 456. The third-order valence-electron chi connectivity index (χ3n) is 2.90. The maximum Gasteiger partial charge on any atom is 0.254 e. The topological polar surface area (TPSA) is 40.5 Å². The predicted molar refractivity (Wildman–Crippen MR) is 83.2 cm³/mol. The Hall–Kier alpha value is -0.430. The molecule has 1 amide bonds. The molecule has 0 bridgehead atoms. The van der Waals surface area contributed by atoms with E-state index in [0.717, 1.165) is 16.7 Å². The third kappa shape index (κ3) is 3.12. The lowest BCUT2D eigenvalue weighted by molar-refractivity contribution is 0.0753. The van der Waals surface area contributed by atoms with E-state index in [0.29, 0.717) is 16.1 Å². The van der Waals surface area contributed by atoms with Gasteiger partial charge in [-0.25, -0.2) is 0 Å². The second-order valence-electron chi connectivity index (χ2n) is 4.63. The van der Waals surface area contributed by atoms with Crippen molar-refractivity contribution in [2.24, 2.45) is 0 Å². The number of hydrogen-bond acceptors (Lipinski definition) is 3. The molecule has 1 N–H and O–H groups in total. The molecule has 0 aromatic heterocycles. The number of carbonyl (C=O) groups excluding carboxylic acids is 1. The zero-order valence-electron chi connectivity index (χ0n) is 10.4. The molecule has 0 spiro atoms. The molecule has 1 aromatic rings. The monoisotopic (exact) mass is 377 g/mol. The van der Waals surface area contributed by atoms with Crippen molar-refractivity contribution in [1.82, 2.24) is 4.90 Å². The Morgan fingerprint density at radius 1 is 1.39 bits per heavy atom. The molecule has 0 saturated carbocycles. The molecule has 1 aliphatic heterocycles. The second-order valence-corrected chi connectivity index (χ2v) is 7.68. The van der Waals surface area contributed by atoms with Gasteiger partial charge in [0, 0.05) is 29.2 Å². The van der Waals surface area contributed by atoms with Gasteiger partial charge in [0.15, 0.2) is 0 Å². The summed E-state index contributed by atoms with van der Waals surface area (Å²) < 4.78 is 0.764. The highest BCUT2D eigenvalue weighted by Gasteiger charge is 2.26. The molecule has 0 radical (unpaired) electrons. The maximum atomic E-state index is 12.4. The molecular weight excluding hydrogens is 361 g/mol. The van der Waals surface area contributed by atoms with Crippen LogP contribution >= 0.6 is 34.4 Å². The smallest absolute Gasteiger partial charge is 0.254 e. The van der Waals surface area contributed by atoms with Gasteiger partial charge < -0.3 is 10.0 Å². The van der Waals surface area contributed by atoms with E-state index in [9.17, 15) is 9.90 Å². The second kappa shape index (κ2) is 5.69. The Morgan fingerprint density at radius 2 is 2.00 bits per heavy atom. The Labute approximate surface area is 125 Å². The Kier molecular flexibility index (Phi) is 4.42. The molecule has 1 fully saturated rings. The molecular formula is C13H16INO2S. The first-order valence-electron chi connectivity index (χ1n) is 5.90. The van der Waals surface area contributed by atoms with Crippen LogP contribution in [0.25, 0.3) is 0 Å². The van der Waals surface area contributed by atoms with E-state index in [4.69, 9.17) is 0 Å². The lowest BCUT2D eigenvalue weighted by Gasteiger charge is -2.34. The largest absolute Gasteiger partial charge is 0.507 e. The van der Waals surface area contributed by atoms with Crippen LogP contribution in [0.2, 0.25) is 0 Å².